The normalized spacial score (nSPS) is 42.6. The van der Waals surface area contributed by atoms with Crippen molar-refractivity contribution in [2.24, 2.45) is 28.6 Å². The van der Waals surface area contributed by atoms with Crippen molar-refractivity contribution < 1.29 is 9.53 Å². The second kappa shape index (κ2) is 7.78. The number of ether oxygens (including phenoxy) is 1. The van der Waals surface area contributed by atoms with E-state index in [1.165, 1.54) is 57.1 Å². The largest absolute Gasteiger partial charge is 0.378 e. The number of allylic oxidation sites excluding steroid dienone is 2. The number of amides is 1. The van der Waals surface area contributed by atoms with Crippen molar-refractivity contribution in [2.45, 2.75) is 97.5 Å². The fourth-order valence-corrected chi connectivity index (χ4v) is 7.56. The minimum absolute atomic E-state index is 0.200. The Morgan fingerprint density at radius 2 is 1.93 bits per heavy atom. The second-order valence-electron chi connectivity index (χ2n) is 10.6. The average molecular weight is 388 g/mol. The summed E-state index contributed by atoms with van der Waals surface area (Å²) < 4.78 is 6.50. The fraction of sp³-hybridized carbons (Fsp3) is 0.880. The number of nitrogens with zero attached hydrogens (tertiary/aromatic N) is 1. The van der Waals surface area contributed by atoms with Gasteiger partial charge in [-0.1, -0.05) is 46.1 Å². The second-order valence-corrected chi connectivity index (χ2v) is 10.6. The van der Waals surface area contributed by atoms with Gasteiger partial charge in [0.05, 0.1) is 6.10 Å². The lowest BCUT2D eigenvalue weighted by atomic mass is 9.49. The lowest BCUT2D eigenvalue weighted by Crippen LogP contribution is -2.54. The standard InChI is InChI=1S/C25H41NO2/c1-5-6-7-8-17-28-22-12-10-19-18-9-11-21-24(2,16-14-23(27)26(21)4)20(18)13-15-25(19,22)3/h11,18-20,22H,5-10,12-17H2,1-4H3/t18-,19-,20-,22?,24+,25-/m0/s1. The molecule has 0 bridgehead atoms. The molecule has 1 saturated heterocycles. The summed E-state index contributed by atoms with van der Waals surface area (Å²) in [4.78, 5) is 14.2. The van der Waals surface area contributed by atoms with E-state index < -0.39 is 0 Å². The van der Waals surface area contributed by atoms with Crippen molar-refractivity contribution in [2.75, 3.05) is 13.7 Å². The Labute approximate surface area is 172 Å². The molecule has 0 spiro atoms. The molecule has 3 fully saturated rings. The third-order valence-corrected chi connectivity index (χ3v) is 9.25. The van der Waals surface area contributed by atoms with Crippen molar-refractivity contribution in [3.63, 3.8) is 0 Å². The number of fused-ring (bicyclic) bond motifs is 5. The van der Waals surface area contributed by atoms with Gasteiger partial charge in [0.25, 0.3) is 0 Å². The van der Waals surface area contributed by atoms with Gasteiger partial charge in [-0.25, -0.2) is 0 Å². The minimum Gasteiger partial charge on any atom is -0.378 e. The highest BCUT2D eigenvalue weighted by atomic mass is 16.5. The molecular formula is C25H41NO2. The smallest absolute Gasteiger partial charge is 0.226 e. The molecule has 28 heavy (non-hydrogen) atoms. The fourth-order valence-electron chi connectivity index (χ4n) is 7.56. The zero-order valence-corrected chi connectivity index (χ0v) is 18.6. The van der Waals surface area contributed by atoms with Crippen LogP contribution in [0.4, 0.5) is 0 Å². The molecule has 3 nitrogen and oxygen atoms in total. The zero-order chi connectivity index (χ0) is 19.9. The van der Waals surface area contributed by atoms with Gasteiger partial charge in [-0.3, -0.25) is 4.79 Å². The molecule has 1 heterocycles. The summed E-state index contributed by atoms with van der Waals surface area (Å²) in [5.41, 5.74) is 1.89. The van der Waals surface area contributed by atoms with E-state index in [1.54, 1.807) is 0 Å². The van der Waals surface area contributed by atoms with E-state index >= 15 is 0 Å². The number of likely N-dealkylation sites (tertiary alicyclic amines) is 1. The van der Waals surface area contributed by atoms with Crippen LogP contribution in [0.2, 0.25) is 0 Å². The Hall–Kier alpha value is -0.830. The first-order valence-electron chi connectivity index (χ1n) is 12.0. The van der Waals surface area contributed by atoms with E-state index in [4.69, 9.17) is 4.74 Å². The number of carbonyl (C=O) groups excluding carboxylic acids is 1. The van der Waals surface area contributed by atoms with E-state index in [9.17, 15) is 4.79 Å². The van der Waals surface area contributed by atoms with E-state index in [2.05, 4.69) is 26.8 Å². The van der Waals surface area contributed by atoms with Crippen molar-refractivity contribution in [3.05, 3.63) is 11.8 Å². The number of piperidine rings is 1. The third-order valence-electron chi connectivity index (χ3n) is 9.25. The van der Waals surface area contributed by atoms with Gasteiger partial charge in [-0.15, -0.1) is 0 Å². The summed E-state index contributed by atoms with van der Waals surface area (Å²) in [6.07, 6.45) is 16.2. The van der Waals surface area contributed by atoms with Crippen molar-refractivity contribution in [3.8, 4) is 0 Å². The molecule has 0 radical (unpaired) electrons. The molecule has 0 aromatic heterocycles. The first-order valence-corrected chi connectivity index (χ1v) is 12.0. The van der Waals surface area contributed by atoms with Gasteiger partial charge < -0.3 is 9.64 Å². The van der Waals surface area contributed by atoms with Gasteiger partial charge in [0.15, 0.2) is 0 Å². The van der Waals surface area contributed by atoms with E-state index in [0.29, 0.717) is 17.4 Å². The third kappa shape index (κ3) is 3.16. The molecule has 4 rings (SSSR count). The van der Waals surface area contributed by atoms with Crippen molar-refractivity contribution in [1.29, 1.82) is 0 Å². The number of carbonyl (C=O) groups is 1. The summed E-state index contributed by atoms with van der Waals surface area (Å²) >= 11 is 0. The van der Waals surface area contributed by atoms with Crippen molar-refractivity contribution >= 4 is 5.91 Å². The molecular weight excluding hydrogens is 346 g/mol. The number of unbranched alkanes of at least 4 members (excludes halogenated alkanes) is 3. The van der Waals surface area contributed by atoms with Gasteiger partial charge >= 0.3 is 0 Å². The van der Waals surface area contributed by atoms with Gasteiger partial charge in [0.1, 0.15) is 0 Å². The molecule has 1 amide bonds. The average Bonchev–Trinajstić information content (AvgIpc) is 3.01. The SMILES string of the molecule is CCCCCCOC1CC[C@H]2[C@@H]3CC=C4N(C)C(=O)CC[C@]4(C)[C@H]3CC[C@]12C. The summed E-state index contributed by atoms with van der Waals surface area (Å²) in [7, 11) is 2.00. The van der Waals surface area contributed by atoms with Gasteiger partial charge in [0, 0.05) is 31.2 Å². The molecule has 0 N–H and O–H groups in total. The number of rotatable bonds is 6. The minimum atomic E-state index is 0.200. The molecule has 3 heteroatoms. The molecule has 1 unspecified atom stereocenters. The van der Waals surface area contributed by atoms with Gasteiger partial charge in [-0.2, -0.15) is 0 Å². The summed E-state index contributed by atoms with van der Waals surface area (Å²) in [5, 5.41) is 0. The monoisotopic (exact) mass is 387 g/mol. The first kappa shape index (κ1) is 20.4. The molecule has 0 aromatic carbocycles. The maximum Gasteiger partial charge on any atom is 0.226 e. The van der Waals surface area contributed by atoms with Crippen LogP contribution in [0.1, 0.15) is 91.4 Å². The number of hydrogen-bond donors (Lipinski definition) is 0. The van der Waals surface area contributed by atoms with Crippen LogP contribution in [-0.2, 0) is 9.53 Å². The van der Waals surface area contributed by atoms with Crippen LogP contribution >= 0.6 is 0 Å². The van der Waals surface area contributed by atoms with Crippen LogP contribution in [0, 0.1) is 28.6 Å². The number of hydrogen-bond acceptors (Lipinski definition) is 2. The predicted molar refractivity (Wildman–Crippen MR) is 114 cm³/mol. The Morgan fingerprint density at radius 3 is 2.71 bits per heavy atom. The predicted octanol–water partition coefficient (Wildman–Crippen LogP) is 5.94. The Balaban J connectivity index is 1.47. The maximum absolute atomic E-state index is 12.3. The highest BCUT2D eigenvalue weighted by Gasteiger charge is 2.59. The molecule has 0 aromatic rings. The van der Waals surface area contributed by atoms with Crippen LogP contribution < -0.4 is 0 Å². The van der Waals surface area contributed by atoms with Crippen LogP contribution in [0.25, 0.3) is 0 Å². The van der Waals surface area contributed by atoms with Crippen molar-refractivity contribution in [1.82, 2.24) is 4.90 Å². The van der Waals surface area contributed by atoms with Crippen LogP contribution in [0.15, 0.2) is 11.8 Å². The Morgan fingerprint density at radius 1 is 1.11 bits per heavy atom. The van der Waals surface area contributed by atoms with Crippen LogP contribution in [-0.4, -0.2) is 30.6 Å². The first-order chi connectivity index (χ1) is 13.4. The maximum atomic E-state index is 12.3. The highest BCUT2D eigenvalue weighted by Crippen LogP contribution is 2.64. The molecule has 3 aliphatic carbocycles. The lowest BCUT2D eigenvalue weighted by Gasteiger charge is -2.58. The molecule has 2 saturated carbocycles. The highest BCUT2D eigenvalue weighted by molar-refractivity contribution is 5.79. The Kier molecular flexibility index (Phi) is 5.68. The quantitative estimate of drug-likeness (QED) is 0.528. The van der Waals surface area contributed by atoms with Crippen LogP contribution in [0.3, 0.4) is 0 Å². The summed E-state index contributed by atoms with van der Waals surface area (Å²) in [5.74, 6) is 2.62. The van der Waals surface area contributed by atoms with E-state index in [1.807, 2.05) is 11.9 Å². The van der Waals surface area contributed by atoms with E-state index in [-0.39, 0.29) is 5.41 Å². The summed E-state index contributed by atoms with van der Waals surface area (Å²) in [6.45, 7) is 8.22. The zero-order valence-electron chi connectivity index (χ0n) is 18.6. The Bertz CT molecular complexity index is 628. The molecule has 4 aliphatic rings. The van der Waals surface area contributed by atoms with Crippen LogP contribution in [0.5, 0.6) is 0 Å². The molecule has 158 valence electrons. The lowest BCUT2D eigenvalue weighted by molar-refractivity contribution is -0.137. The van der Waals surface area contributed by atoms with Gasteiger partial charge in [-0.05, 0) is 68.1 Å². The van der Waals surface area contributed by atoms with Gasteiger partial charge in [0.2, 0.25) is 5.91 Å². The molecule has 1 aliphatic heterocycles. The topological polar surface area (TPSA) is 29.5 Å². The van der Waals surface area contributed by atoms with E-state index in [0.717, 1.165) is 43.6 Å². The molecule has 6 atom stereocenters. The summed E-state index contributed by atoms with van der Waals surface area (Å²) in [6, 6.07) is 0.